The Morgan fingerprint density at radius 1 is 1.00 bits per heavy atom. The number of rotatable bonds is 1. The summed E-state index contributed by atoms with van der Waals surface area (Å²) in [6.45, 7) is 2.10. The number of hydrogen-bond donors (Lipinski definition) is 0. The average Bonchev–Trinajstić information content (AvgIpc) is 1.88. The van der Waals surface area contributed by atoms with Gasteiger partial charge in [0.2, 0.25) is 0 Å². The maximum Gasteiger partial charge on any atom is 0.0361 e. The van der Waals surface area contributed by atoms with Crippen LogP contribution in [0.15, 0.2) is 24.3 Å². The SMILES string of the molecule is Cc1ccc(N(C)C)cc1.[B]. The molecular formula is C9H13BN. The Labute approximate surface area is 70.6 Å². The number of nitrogens with zero attached hydrogens (tertiary/aromatic N) is 1. The fourth-order valence-corrected chi connectivity index (χ4v) is 0.843. The summed E-state index contributed by atoms with van der Waals surface area (Å²) < 4.78 is 0. The maximum absolute atomic E-state index is 2.12. The molecule has 0 aliphatic heterocycles. The molecule has 0 aromatic heterocycles. The second kappa shape index (κ2) is 4.07. The van der Waals surface area contributed by atoms with Crippen molar-refractivity contribution in [2.45, 2.75) is 6.92 Å². The Morgan fingerprint density at radius 2 is 1.45 bits per heavy atom. The van der Waals surface area contributed by atoms with Crippen molar-refractivity contribution in [1.29, 1.82) is 0 Å². The van der Waals surface area contributed by atoms with E-state index in [0.29, 0.717) is 0 Å². The summed E-state index contributed by atoms with van der Waals surface area (Å²) >= 11 is 0. The van der Waals surface area contributed by atoms with E-state index in [9.17, 15) is 0 Å². The smallest absolute Gasteiger partial charge is 0.0361 e. The zero-order chi connectivity index (χ0) is 7.56. The van der Waals surface area contributed by atoms with Gasteiger partial charge in [0.15, 0.2) is 0 Å². The summed E-state index contributed by atoms with van der Waals surface area (Å²) in [5.74, 6) is 0. The molecule has 1 rings (SSSR count). The zero-order valence-electron chi connectivity index (χ0n) is 7.33. The van der Waals surface area contributed by atoms with E-state index in [1.165, 1.54) is 11.3 Å². The molecule has 0 atom stereocenters. The van der Waals surface area contributed by atoms with Gasteiger partial charge in [-0.2, -0.15) is 0 Å². The van der Waals surface area contributed by atoms with Crippen molar-refractivity contribution >= 4 is 14.1 Å². The lowest BCUT2D eigenvalue weighted by atomic mass is 10.2. The lowest BCUT2D eigenvalue weighted by molar-refractivity contribution is 1.13. The molecule has 0 saturated heterocycles. The molecule has 0 fully saturated rings. The van der Waals surface area contributed by atoms with Gasteiger partial charge in [-0.1, -0.05) is 17.7 Å². The van der Waals surface area contributed by atoms with E-state index in [2.05, 4.69) is 36.1 Å². The molecule has 0 aliphatic carbocycles. The molecular weight excluding hydrogens is 133 g/mol. The molecule has 0 N–H and O–H groups in total. The van der Waals surface area contributed by atoms with E-state index in [1.54, 1.807) is 0 Å². The van der Waals surface area contributed by atoms with Crippen LogP contribution in [0, 0.1) is 6.92 Å². The topological polar surface area (TPSA) is 3.24 Å². The molecule has 0 unspecified atom stereocenters. The minimum atomic E-state index is 0. The zero-order valence-corrected chi connectivity index (χ0v) is 7.33. The van der Waals surface area contributed by atoms with E-state index < -0.39 is 0 Å². The summed E-state index contributed by atoms with van der Waals surface area (Å²) in [4.78, 5) is 2.10. The van der Waals surface area contributed by atoms with Crippen LogP contribution < -0.4 is 4.90 Å². The van der Waals surface area contributed by atoms with Crippen LogP contribution in [0.25, 0.3) is 0 Å². The van der Waals surface area contributed by atoms with Crippen LogP contribution in [0.1, 0.15) is 5.56 Å². The first-order valence-corrected chi connectivity index (χ1v) is 3.44. The van der Waals surface area contributed by atoms with Crippen LogP contribution in [0.3, 0.4) is 0 Å². The van der Waals surface area contributed by atoms with Crippen molar-refractivity contribution in [3.05, 3.63) is 29.8 Å². The van der Waals surface area contributed by atoms with Crippen LogP contribution in [0.2, 0.25) is 0 Å². The van der Waals surface area contributed by atoms with Crippen molar-refractivity contribution in [3.63, 3.8) is 0 Å². The second-order valence-electron chi connectivity index (χ2n) is 2.73. The predicted molar refractivity (Wildman–Crippen MR) is 51.3 cm³/mol. The van der Waals surface area contributed by atoms with E-state index in [4.69, 9.17) is 0 Å². The third-order valence-electron chi connectivity index (χ3n) is 1.55. The number of hydrogen-bond acceptors (Lipinski definition) is 1. The van der Waals surface area contributed by atoms with E-state index >= 15 is 0 Å². The van der Waals surface area contributed by atoms with Gasteiger partial charge >= 0.3 is 0 Å². The van der Waals surface area contributed by atoms with E-state index in [0.717, 1.165) is 0 Å². The van der Waals surface area contributed by atoms with Crippen molar-refractivity contribution in [3.8, 4) is 0 Å². The van der Waals surface area contributed by atoms with E-state index in [-0.39, 0.29) is 8.41 Å². The van der Waals surface area contributed by atoms with Crippen LogP contribution in [-0.4, -0.2) is 22.5 Å². The molecule has 2 heteroatoms. The molecule has 1 aromatic carbocycles. The molecule has 0 bridgehead atoms. The van der Waals surface area contributed by atoms with Crippen molar-refractivity contribution in [2.24, 2.45) is 0 Å². The van der Waals surface area contributed by atoms with Gasteiger partial charge in [0.05, 0.1) is 0 Å². The Bertz CT molecular complexity index is 203. The van der Waals surface area contributed by atoms with Crippen molar-refractivity contribution < 1.29 is 0 Å². The van der Waals surface area contributed by atoms with Crippen LogP contribution in [0.5, 0.6) is 0 Å². The first kappa shape index (κ1) is 10.1. The minimum Gasteiger partial charge on any atom is -0.378 e. The first-order valence-electron chi connectivity index (χ1n) is 3.44. The molecule has 1 aromatic rings. The second-order valence-corrected chi connectivity index (χ2v) is 2.73. The number of aryl methyl sites for hydroxylation is 1. The molecule has 57 valence electrons. The first-order chi connectivity index (χ1) is 4.70. The highest BCUT2D eigenvalue weighted by Crippen LogP contribution is 2.10. The Morgan fingerprint density at radius 3 is 1.82 bits per heavy atom. The third kappa shape index (κ3) is 2.66. The van der Waals surface area contributed by atoms with Gasteiger partial charge in [0.25, 0.3) is 0 Å². The fraction of sp³-hybridized carbons (Fsp3) is 0.333. The molecule has 1 nitrogen and oxygen atoms in total. The quantitative estimate of drug-likeness (QED) is 0.544. The van der Waals surface area contributed by atoms with Gasteiger partial charge in [-0.15, -0.1) is 0 Å². The maximum atomic E-state index is 2.12. The van der Waals surface area contributed by atoms with Crippen molar-refractivity contribution in [2.75, 3.05) is 19.0 Å². The number of benzene rings is 1. The van der Waals surface area contributed by atoms with Gasteiger partial charge in [-0.25, -0.2) is 0 Å². The van der Waals surface area contributed by atoms with Gasteiger partial charge in [-0.3, -0.25) is 0 Å². The summed E-state index contributed by atoms with van der Waals surface area (Å²) in [5.41, 5.74) is 2.57. The number of anilines is 1. The molecule has 0 saturated carbocycles. The summed E-state index contributed by atoms with van der Waals surface area (Å²) in [5, 5.41) is 0. The van der Waals surface area contributed by atoms with Crippen LogP contribution in [0.4, 0.5) is 5.69 Å². The highest BCUT2D eigenvalue weighted by atomic mass is 15.1. The lowest BCUT2D eigenvalue weighted by Crippen LogP contribution is -2.07. The summed E-state index contributed by atoms with van der Waals surface area (Å²) in [6.07, 6.45) is 0. The lowest BCUT2D eigenvalue weighted by Gasteiger charge is -2.11. The normalized spacial score (nSPS) is 8.64. The Balaban J connectivity index is 0.000001000. The highest BCUT2D eigenvalue weighted by molar-refractivity contribution is 5.75. The van der Waals surface area contributed by atoms with Gasteiger partial charge in [0, 0.05) is 28.2 Å². The third-order valence-corrected chi connectivity index (χ3v) is 1.55. The molecule has 11 heavy (non-hydrogen) atoms. The Kier molecular flexibility index (Phi) is 3.73. The highest BCUT2D eigenvalue weighted by Gasteiger charge is 1.90. The molecule has 3 radical (unpaired) electrons. The monoisotopic (exact) mass is 146 g/mol. The predicted octanol–water partition coefficient (Wildman–Crippen LogP) is 1.68. The minimum absolute atomic E-state index is 0. The fourth-order valence-electron chi connectivity index (χ4n) is 0.843. The molecule has 0 aliphatic rings. The van der Waals surface area contributed by atoms with Crippen molar-refractivity contribution in [1.82, 2.24) is 0 Å². The molecule has 0 spiro atoms. The Hall–Kier alpha value is -0.915. The molecule has 0 heterocycles. The van der Waals surface area contributed by atoms with Gasteiger partial charge in [-0.05, 0) is 19.1 Å². The van der Waals surface area contributed by atoms with Crippen LogP contribution >= 0.6 is 0 Å². The average molecular weight is 146 g/mol. The van der Waals surface area contributed by atoms with Crippen LogP contribution in [-0.2, 0) is 0 Å². The summed E-state index contributed by atoms with van der Waals surface area (Å²) in [7, 11) is 4.09. The largest absolute Gasteiger partial charge is 0.378 e. The van der Waals surface area contributed by atoms with Gasteiger partial charge in [0.1, 0.15) is 0 Å². The van der Waals surface area contributed by atoms with Gasteiger partial charge < -0.3 is 4.90 Å². The standard InChI is InChI=1S/C9H13N.B/c1-8-4-6-9(7-5-8)10(2)3;/h4-7H,1-3H3;. The summed E-state index contributed by atoms with van der Waals surface area (Å²) in [6, 6.07) is 8.48. The molecule has 0 amide bonds. The van der Waals surface area contributed by atoms with E-state index in [1.807, 2.05) is 14.1 Å².